The van der Waals surface area contributed by atoms with Crippen molar-refractivity contribution in [3.05, 3.63) is 0 Å². The van der Waals surface area contributed by atoms with Crippen molar-refractivity contribution in [3.8, 4) is 0 Å². The molecular weight excluding hydrogens is 120 g/mol. The lowest BCUT2D eigenvalue weighted by molar-refractivity contribution is -0.122. The molecule has 0 aliphatic rings. The lowest BCUT2D eigenvalue weighted by atomic mass is 9.97. The molecule has 0 radical (unpaired) electrons. The van der Waals surface area contributed by atoms with Gasteiger partial charge in [0.1, 0.15) is 6.29 Å². The van der Waals surface area contributed by atoms with Gasteiger partial charge in [0.2, 0.25) is 0 Å². The van der Waals surface area contributed by atoms with Crippen molar-refractivity contribution in [2.45, 2.75) is 20.1 Å². The largest absolute Gasteiger partial charge is 0.368 e. The molecule has 0 rings (SSSR count). The van der Waals surface area contributed by atoms with Crippen LogP contribution in [0.15, 0.2) is 0 Å². The van der Waals surface area contributed by atoms with E-state index in [0.29, 0.717) is 6.29 Å². The van der Waals surface area contributed by atoms with Crippen LogP contribution in [0.5, 0.6) is 0 Å². The van der Waals surface area contributed by atoms with Crippen molar-refractivity contribution in [3.63, 3.8) is 0 Å². The maximum atomic E-state index is 10.0. The van der Waals surface area contributed by atoms with E-state index in [-0.39, 0.29) is 11.8 Å². The first-order chi connectivity index (χ1) is 4.09. The van der Waals surface area contributed by atoms with Gasteiger partial charge in [-0.15, -0.1) is 0 Å². The van der Waals surface area contributed by atoms with Gasteiger partial charge in [0.05, 0.1) is 0 Å². The molecule has 0 heterocycles. The third-order valence-electron chi connectivity index (χ3n) is 1.51. The summed E-state index contributed by atoms with van der Waals surface area (Å²) >= 11 is 0. The predicted molar refractivity (Wildman–Crippen MR) is 32.6 cm³/mol. The minimum absolute atomic E-state index is 0.287. The van der Waals surface area contributed by atoms with Gasteiger partial charge in [-0.2, -0.15) is 0 Å². The topological polar surface area (TPSA) is 57.5 Å². The summed E-state index contributed by atoms with van der Waals surface area (Å²) in [5.74, 6) is -0.660. The monoisotopic (exact) mass is 132 g/mol. The Kier molecular flexibility index (Phi) is 3.42. The number of carbonyl (C=O) groups is 1. The van der Waals surface area contributed by atoms with Gasteiger partial charge >= 0.3 is 0 Å². The Balaban J connectivity index is 3.71. The summed E-state index contributed by atoms with van der Waals surface area (Å²) in [6, 6.07) is 0. The highest BCUT2D eigenvalue weighted by Gasteiger charge is 2.17. The molecule has 3 nitrogen and oxygen atoms in total. The number of carbonyl (C=O) groups excluding carboxylic acids is 1. The Morgan fingerprint density at radius 1 is 1.33 bits per heavy atom. The number of hydrogen-bond acceptors (Lipinski definition) is 3. The SMILES string of the molecule is CC(C=O)C(C)C(O)O. The molecule has 9 heavy (non-hydrogen) atoms. The molecule has 2 N–H and O–H groups in total. The molecule has 54 valence electrons. The second-order valence-corrected chi connectivity index (χ2v) is 2.27. The van der Waals surface area contributed by atoms with Gasteiger partial charge in [-0.3, -0.25) is 0 Å². The normalized spacial score (nSPS) is 17.4. The van der Waals surface area contributed by atoms with Crippen LogP contribution < -0.4 is 0 Å². The highest BCUT2D eigenvalue weighted by Crippen LogP contribution is 2.10. The first-order valence-electron chi connectivity index (χ1n) is 2.91. The quantitative estimate of drug-likeness (QED) is 0.412. The van der Waals surface area contributed by atoms with Gasteiger partial charge in [-0.25, -0.2) is 0 Å². The van der Waals surface area contributed by atoms with Crippen LogP contribution in [0.1, 0.15) is 13.8 Å². The van der Waals surface area contributed by atoms with Crippen LogP contribution >= 0.6 is 0 Å². The molecule has 2 unspecified atom stereocenters. The van der Waals surface area contributed by atoms with Crippen LogP contribution in [-0.4, -0.2) is 22.8 Å². The van der Waals surface area contributed by atoms with Crippen molar-refractivity contribution in [2.24, 2.45) is 11.8 Å². The maximum Gasteiger partial charge on any atom is 0.154 e. The summed E-state index contributed by atoms with van der Waals surface area (Å²) in [6.45, 7) is 3.26. The highest BCUT2D eigenvalue weighted by molar-refractivity contribution is 5.53. The van der Waals surface area contributed by atoms with Crippen LogP contribution in [-0.2, 0) is 4.79 Å². The zero-order chi connectivity index (χ0) is 7.44. The molecule has 0 bridgehead atoms. The van der Waals surface area contributed by atoms with Crippen molar-refractivity contribution in [1.29, 1.82) is 0 Å². The number of aldehydes is 1. The van der Waals surface area contributed by atoms with E-state index in [0.717, 1.165) is 0 Å². The molecule has 0 saturated carbocycles. The van der Waals surface area contributed by atoms with E-state index in [1.807, 2.05) is 0 Å². The number of aliphatic hydroxyl groups is 2. The van der Waals surface area contributed by atoms with E-state index in [1.54, 1.807) is 13.8 Å². The lowest BCUT2D eigenvalue weighted by Gasteiger charge is -2.15. The summed E-state index contributed by atoms with van der Waals surface area (Å²) in [5, 5.41) is 17.0. The molecule has 0 aromatic carbocycles. The Labute approximate surface area is 54.3 Å². The molecule has 0 aromatic heterocycles. The highest BCUT2D eigenvalue weighted by atomic mass is 16.5. The van der Waals surface area contributed by atoms with E-state index in [1.165, 1.54) is 0 Å². The maximum absolute atomic E-state index is 10.0. The lowest BCUT2D eigenvalue weighted by Crippen LogP contribution is -2.23. The molecule has 0 spiro atoms. The number of hydrogen-bond donors (Lipinski definition) is 2. The molecule has 0 amide bonds. The van der Waals surface area contributed by atoms with E-state index in [4.69, 9.17) is 10.2 Å². The second-order valence-electron chi connectivity index (χ2n) is 2.27. The molecule has 3 heteroatoms. The van der Waals surface area contributed by atoms with Crippen molar-refractivity contribution < 1.29 is 15.0 Å². The van der Waals surface area contributed by atoms with Crippen molar-refractivity contribution in [1.82, 2.24) is 0 Å². The third-order valence-corrected chi connectivity index (χ3v) is 1.51. The van der Waals surface area contributed by atoms with E-state index >= 15 is 0 Å². The van der Waals surface area contributed by atoms with Gasteiger partial charge in [0.15, 0.2) is 6.29 Å². The zero-order valence-electron chi connectivity index (χ0n) is 5.61. The van der Waals surface area contributed by atoms with Crippen LogP contribution in [0.2, 0.25) is 0 Å². The average molecular weight is 132 g/mol. The van der Waals surface area contributed by atoms with Crippen molar-refractivity contribution >= 4 is 6.29 Å². The van der Waals surface area contributed by atoms with Crippen molar-refractivity contribution in [2.75, 3.05) is 0 Å². The summed E-state index contributed by atoms with van der Waals surface area (Å²) in [4.78, 5) is 10.0. The van der Waals surface area contributed by atoms with E-state index < -0.39 is 6.29 Å². The minimum atomic E-state index is -1.38. The van der Waals surface area contributed by atoms with Crippen LogP contribution in [0, 0.1) is 11.8 Å². The molecule has 0 fully saturated rings. The molecule has 0 aromatic rings. The van der Waals surface area contributed by atoms with Crippen LogP contribution in [0.25, 0.3) is 0 Å². The molecule has 2 atom stereocenters. The Bertz CT molecular complexity index is 90.3. The number of rotatable bonds is 3. The van der Waals surface area contributed by atoms with Gasteiger partial charge in [-0.1, -0.05) is 13.8 Å². The summed E-state index contributed by atoms with van der Waals surface area (Å²) in [5.41, 5.74) is 0. The fourth-order valence-electron chi connectivity index (χ4n) is 0.395. The number of aliphatic hydroxyl groups excluding tert-OH is 1. The van der Waals surface area contributed by atoms with Crippen LogP contribution in [0.3, 0.4) is 0 Å². The Hall–Kier alpha value is -0.410. The van der Waals surface area contributed by atoms with E-state index in [2.05, 4.69) is 0 Å². The fourth-order valence-corrected chi connectivity index (χ4v) is 0.395. The van der Waals surface area contributed by atoms with Gasteiger partial charge < -0.3 is 15.0 Å². The summed E-state index contributed by atoms with van der Waals surface area (Å²) < 4.78 is 0. The average Bonchev–Trinajstić information content (AvgIpc) is 1.84. The zero-order valence-corrected chi connectivity index (χ0v) is 5.61. The third kappa shape index (κ3) is 2.58. The first kappa shape index (κ1) is 8.59. The van der Waals surface area contributed by atoms with Crippen LogP contribution in [0.4, 0.5) is 0 Å². The van der Waals surface area contributed by atoms with Gasteiger partial charge in [0.25, 0.3) is 0 Å². The second kappa shape index (κ2) is 3.58. The molecule has 0 aliphatic carbocycles. The first-order valence-corrected chi connectivity index (χ1v) is 2.91. The Morgan fingerprint density at radius 3 is 1.89 bits per heavy atom. The van der Waals surface area contributed by atoms with Gasteiger partial charge in [-0.05, 0) is 0 Å². The molecular formula is C6H12O3. The van der Waals surface area contributed by atoms with E-state index in [9.17, 15) is 4.79 Å². The molecule has 0 aliphatic heterocycles. The standard InChI is InChI=1S/C6H12O3/c1-4(3-7)5(2)6(8)9/h3-6,8-9H,1-2H3. The van der Waals surface area contributed by atoms with Gasteiger partial charge in [0, 0.05) is 11.8 Å². The predicted octanol–water partition coefficient (Wildman–Crippen LogP) is -0.232. The smallest absolute Gasteiger partial charge is 0.154 e. The summed E-state index contributed by atoms with van der Waals surface area (Å²) in [6.07, 6.45) is -0.672. The Morgan fingerprint density at radius 2 is 1.78 bits per heavy atom. The fraction of sp³-hybridized carbons (Fsp3) is 0.833. The minimum Gasteiger partial charge on any atom is -0.368 e. The molecule has 0 saturated heterocycles. The summed E-state index contributed by atoms with van der Waals surface area (Å²) in [7, 11) is 0.